The van der Waals surface area contributed by atoms with E-state index in [0.29, 0.717) is 19.0 Å². The predicted octanol–water partition coefficient (Wildman–Crippen LogP) is 2.19. The van der Waals surface area contributed by atoms with Gasteiger partial charge in [0.1, 0.15) is 11.3 Å². The van der Waals surface area contributed by atoms with Crippen molar-refractivity contribution in [1.82, 2.24) is 25.1 Å². The van der Waals surface area contributed by atoms with Gasteiger partial charge in [-0.15, -0.1) is 0 Å². The lowest BCUT2D eigenvalue weighted by atomic mass is 9.90. The molecule has 2 aliphatic heterocycles. The molecule has 0 saturated carbocycles. The van der Waals surface area contributed by atoms with Crippen molar-refractivity contribution in [3.05, 3.63) is 60.4 Å². The van der Waals surface area contributed by atoms with Crippen LogP contribution in [-0.4, -0.2) is 71.7 Å². The van der Waals surface area contributed by atoms with Crippen LogP contribution in [0.2, 0.25) is 0 Å². The standard InChI is InChI=1S/C24H26N6O3/c1-24(19-6-4-18-15-20(33-2)7-5-17(18)14-19)21(31)30(23(32)27-24)16-28-10-12-29(13-11-28)22-25-8-3-9-26-22/h3-9,14-15H,10-13,16H2,1-2H3,(H,27,32). The molecule has 3 amide bonds. The van der Waals surface area contributed by atoms with Crippen molar-refractivity contribution in [3.8, 4) is 5.75 Å². The second kappa shape index (κ2) is 8.32. The van der Waals surface area contributed by atoms with Crippen molar-refractivity contribution < 1.29 is 14.3 Å². The molecule has 2 fully saturated rings. The van der Waals surface area contributed by atoms with Crippen molar-refractivity contribution in [2.45, 2.75) is 12.5 Å². The highest BCUT2D eigenvalue weighted by molar-refractivity contribution is 6.07. The number of hydrogen-bond donors (Lipinski definition) is 1. The lowest BCUT2D eigenvalue weighted by Gasteiger charge is -2.36. The van der Waals surface area contributed by atoms with Gasteiger partial charge in [-0.05, 0) is 47.5 Å². The average Bonchev–Trinajstić information content (AvgIpc) is 3.08. The smallest absolute Gasteiger partial charge is 0.326 e. The number of amides is 3. The summed E-state index contributed by atoms with van der Waals surface area (Å²) in [5.41, 5.74) is -0.350. The maximum atomic E-state index is 13.4. The molecular weight excluding hydrogens is 420 g/mol. The Balaban J connectivity index is 1.29. The molecular formula is C24H26N6O3. The Morgan fingerprint density at radius 2 is 1.70 bits per heavy atom. The van der Waals surface area contributed by atoms with E-state index >= 15 is 0 Å². The van der Waals surface area contributed by atoms with E-state index in [1.807, 2.05) is 36.4 Å². The van der Waals surface area contributed by atoms with E-state index in [9.17, 15) is 9.59 Å². The van der Waals surface area contributed by atoms with Gasteiger partial charge in [0, 0.05) is 38.6 Å². The number of methoxy groups -OCH3 is 1. The van der Waals surface area contributed by atoms with Gasteiger partial charge in [0.25, 0.3) is 5.91 Å². The Bertz CT molecular complexity index is 1200. The van der Waals surface area contributed by atoms with E-state index in [4.69, 9.17) is 4.74 Å². The first-order valence-electron chi connectivity index (χ1n) is 10.9. The molecule has 2 aromatic carbocycles. The minimum Gasteiger partial charge on any atom is -0.497 e. The van der Waals surface area contributed by atoms with Crippen LogP contribution in [0.1, 0.15) is 12.5 Å². The van der Waals surface area contributed by atoms with Crippen LogP contribution < -0.4 is 15.0 Å². The van der Waals surface area contributed by atoms with Crippen LogP contribution in [0.4, 0.5) is 10.7 Å². The third-order valence-corrected chi connectivity index (χ3v) is 6.45. The van der Waals surface area contributed by atoms with Crippen LogP contribution in [0.15, 0.2) is 54.9 Å². The Morgan fingerprint density at radius 3 is 2.42 bits per heavy atom. The minimum absolute atomic E-state index is 0.241. The fourth-order valence-electron chi connectivity index (χ4n) is 4.43. The van der Waals surface area contributed by atoms with Gasteiger partial charge in [0.15, 0.2) is 0 Å². The van der Waals surface area contributed by atoms with Gasteiger partial charge in [-0.3, -0.25) is 9.69 Å². The minimum atomic E-state index is -1.11. The molecule has 33 heavy (non-hydrogen) atoms. The molecule has 1 aromatic heterocycles. The first-order valence-corrected chi connectivity index (χ1v) is 10.9. The van der Waals surface area contributed by atoms with E-state index in [0.717, 1.165) is 35.2 Å². The number of benzene rings is 2. The number of carbonyl (C=O) groups is 2. The number of piperazine rings is 1. The number of fused-ring (bicyclic) bond motifs is 1. The molecule has 1 atom stereocenters. The summed E-state index contributed by atoms with van der Waals surface area (Å²) in [6, 6.07) is 13.0. The molecule has 0 spiro atoms. The number of carbonyl (C=O) groups excluding carboxylic acids is 2. The fourth-order valence-corrected chi connectivity index (χ4v) is 4.43. The van der Waals surface area contributed by atoms with Crippen molar-refractivity contribution in [1.29, 1.82) is 0 Å². The van der Waals surface area contributed by atoms with E-state index in [2.05, 4.69) is 25.1 Å². The third kappa shape index (κ3) is 3.84. The number of rotatable bonds is 5. The zero-order chi connectivity index (χ0) is 23.0. The third-order valence-electron chi connectivity index (χ3n) is 6.45. The van der Waals surface area contributed by atoms with Crippen molar-refractivity contribution >= 4 is 28.7 Å². The summed E-state index contributed by atoms with van der Waals surface area (Å²) in [5.74, 6) is 1.24. The normalized spacial score (nSPS) is 21.5. The van der Waals surface area contributed by atoms with Crippen LogP contribution >= 0.6 is 0 Å². The van der Waals surface area contributed by atoms with E-state index in [1.54, 1.807) is 32.5 Å². The molecule has 0 aliphatic carbocycles. The summed E-state index contributed by atoms with van der Waals surface area (Å²) in [6.45, 7) is 4.92. The van der Waals surface area contributed by atoms with Crippen molar-refractivity contribution in [3.63, 3.8) is 0 Å². The van der Waals surface area contributed by atoms with Gasteiger partial charge in [-0.1, -0.05) is 18.2 Å². The molecule has 5 rings (SSSR count). The predicted molar refractivity (Wildman–Crippen MR) is 124 cm³/mol. The molecule has 0 bridgehead atoms. The highest BCUT2D eigenvalue weighted by Gasteiger charge is 2.49. The number of ether oxygens (including phenoxy) is 1. The van der Waals surface area contributed by atoms with Crippen LogP contribution in [0.5, 0.6) is 5.75 Å². The van der Waals surface area contributed by atoms with Gasteiger partial charge in [-0.2, -0.15) is 0 Å². The summed E-state index contributed by atoms with van der Waals surface area (Å²) < 4.78 is 5.29. The number of nitrogens with zero attached hydrogens (tertiary/aromatic N) is 5. The van der Waals surface area contributed by atoms with Gasteiger partial charge in [-0.25, -0.2) is 19.7 Å². The van der Waals surface area contributed by atoms with E-state index < -0.39 is 5.54 Å². The quantitative estimate of drug-likeness (QED) is 0.601. The molecule has 2 saturated heterocycles. The number of imide groups is 1. The summed E-state index contributed by atoms with van der Waals surface area (Å²) in [6.07, 6.45) is 3.46. The van der Waals surface area contributed by atoms with E-state index in [-0.39, 0.29) is 18.6 Å². The maximum Gasteiger partial charge on any atom is 0.326 e. The highest BCUT2D eigenvalue weighted by atomic mass is 16.5. The first-order chi connectivity index (χ1) is 16.0. The molecule has 2 aliphatic rings. The van der Waals surface area contributed by atoms with Gasteiger partial charge in [0.2, 0.25) is 5.95 Å². The summed E-state index contributed by atoms with van der Waals surface area (Å²) in [5, 5.41) is 4.90. The number of nitrogens with one attached hydrogen (secondary N) is 1. The summed E-state index contributed by atoms with van der Waals surface area (Å²) in [7, 11) is 1.63. The fraction of sp³-hybridized carbons (Fsp3) is 0.333. The Hall–Kier alpha value is -3.72. The molecule has 3 heterocycles. The summed E-state index contributed by atoms with van der Waals surface area (Å²) in [4.78, 5) is 40.3. The van der Waals surface area contributed by atoms with E-state index in [1.165, 1.54) is 4.90 Å². The molecule has 170 valence electrons. The molecule has 9 heteroatoms. The maximum absolute atomic E-state index is 13.4. The molecule has 9 nitrogen and oxygen atoms in total. The molecule has 1 N–H and O–H groups in total. The van der Waals surface area contributed by atoms with Crippen molar-refractivity contribution in [2.75, 3.05) is 44.9 Å². The number of aromatic nitrogens is 2. The van der Waals surface area contributed by atoms with Crippen LogP contribution in [0, 0.1) is 0 Å². The Labute approximate surface area is 192 Å². The van der Waals surface area contributed by atoms with Gasteiger partial charge < -0.3 is 15.0 Å². The number of hydrogen-bond acceptors (Lipinski definition) is 7. The molecule has 1 unspecified atom stereocenters. The summed E-state index contributed by atoms with van der Waals surface area (Å²) >= 11 is 0. The van der Waals surface area contributed by atoms with Crippen molar-refractivity contribution in [2.24, 2.45) is 0 Å². The first kappa shape index (κ1) is 21.1. The topological polar surface area (TPSA) is 90.9 Å². The van der Waals surface area contributed by atoms with Gasteiger partial charge in [0.05, 0.1) is 13.8 Å². The van der Waals surface area contributed by atoms with Crippen LogP contribution in [-0.2, 0) is 10.3 Å². The Kier molecular flexibility index (Phi) is 5.33. The molecule has 3 aromatic rings. The lowest BCUT2D eigenvalue weighted by molar-refractivity contribution is -0.132. The second-order valence-corrected chi connectivity index (χ2v) is 8.51. The Morgan fingerprint density at radius 1 is 1.00 bits per heavy atom. The van der Waals surface area contributed by atoms with Crippen LogP contribution in [0.3, 0.4) is 0 Å². The highest BCUT2D eigenvalue weighted by Crippen LogP contribution is 2.32. The SMILES string of the molecule is COc1ccc2cc(C3(C)NC(=O)N(CN4CCN(c5ncccn5)CC4)C3=O)ccc2c1. The second-order valence-electron chi connectivity index (χ2n) is 8.51. The zero-order valence-electron chi connectivity index (χ0n) is 18.7. The number of anilines is 1. The number of urea groups is 1. The largest absolute Gasteiger partial charge is 0.497 e. The average molecular weight is 447 g/mol. The molecule has 0 radical (unpaired) electrons. The van der Waals surface area contributed by atoms with Crippen LogP contribution in [0.25, 0.3) is 10.8 Å². The zero-order valence-corrected chi connectivity index (χ0v) is 18.7. The lowest BCUT2D eigenvalue weighted by Crippen LogP contribution is -2.52. The van der Waals surface area contributed by atoms with Gasteiger partial charge >= 0.3 is 6.03 Å². The monoisotopic (exact) mass is 446 g/mol.